The van der Waals surface area contributed by atoms with Crippen molar-refractivity contribution in [2.24, 2.45) is 0 Å². The highest BCUT2D eigenvalue weighted by Crippen LogP contribution is 2.19. The average molecular weight is 417 g/mol. The Morgan fingerprint density at radius 2 is 1.73 bits per heavy atom. The molecule has 7 nitrogen and oxygen atoms in total. The third kappa shape index (κ3) is 4.14. The SMILES string of the molecule is O=C(Nc1nc2c(C(=O)O)cccc2[nH]1)c1cccc(C#Cc2ccc(Cl)cc2)n1. The summed E-state index contributed by atoms with van der Waals surface area (Å²) in [6.45, 7) is 0. The van der Waals surface area contributed by atoms with Gasteiger partial charge in [0.2, 0.25) is 5.95 Å². The number of fused-ring (bicyclic) bond motifs is 1. The Labute approximate surface area is 175 Å². The van der Waals surface area contributed by atoms with Crippen LogP contribution in [0, 0.1) is 11.8 Å². The number of H-pyrrole nitrogens is 1. The van der Waals surface area contributed by atoms with E-state index in [2.05, 4.69) is 32.1 Å². The van der Waals surface area contributed by atoms with Crippen LogP contribution in [-0.4, -0.2) is 31.9 Å². The lowest BCUT2D eigenvalue weighted by molar-refractivity contribution is 0.0698. The van der Waals surface area contributed by atoms with Gasteiger partial charge in [-0.2, -0.15) is 0 Å². The number of nitrogens with one attached hydrogen (secondary N) is 2. The number of carbonyl (C=O) groups excluding carboxylic acids is 1. The Morgan fingerprint density at radius 3 is 2.50 bits per heavy atom. The lowest BCUT2D eigenvalue weighted by atomic mass is 10.2. The van der Waals surface area contributed by atoms with Crippen molar-refractivity contribution in [3.05, 3.63) is 88.2 Å². The number of aromatic carboxylic acids is 1. The summed E-state index contributed by atoms with van der Waals surface area (Å²) in [6, 6.07) is 16.7. The summed E-state index contributed by atoms with van der Waals surface area (Å²) in [7, 11) is 0. The topological polar surface area (TPSA) is 108 Å². The number of anilines is 1. The minimum atomic E-state index is -1.10. The van der Waals surface area contributed by atoms with E-state index < -0.39 is 11.9 Å². The summed E-state index contributed by atoms with van der Waals surface area (Å²) < 4.78 is 0. The number of rotatable bonds is 3. The molecule has 0 bridgehead atoms. The molecule has 0 fully saturated rings. The Hall–Kier alpha value is -4.15. The molecule has 0 aliphatic carbocycles. The van der Waals surface area contributed by atoms with Crippen molar-refractivity contribution in [1.82, 2.24) is 15.0 Å². The number of nitrogens with zero attached hydrogens (tertiary/aromatic N) is 2. The molecule has 0 saturated carbocycles. The van der Waals surface area contributed by atoms with Gasteiger partial charge < -0.3 is 10.1 Å². The lowest BCUT2D eigenvalue weighted by Gasteiger charge is -2.01. The Bertz CT molecular complexity index is 1330. The van der Waals surface area contributed by atoms with Gasteiger partial charge in [-0.05, 0) is 54.5 Å². The number of carbonyl (C=O) groups is 2. The Morgan fingerprint density at radius 1 is 0.967 bits per heavy atom. The normalized spacial score (nSPS) is 10.3. The van der Waals surface area contributed by atoms with Crippen molar-refractivity contribution in [1.29, 1.82) is 0 Å². The number of aromatic amines is 1. The molecule has 2 aromatic heterocycles. The van der Waals surface area contributed by atoms with Gasteiger partial charge in [0.25, 0.3) is 5.91 Å². The fourth-order valence-electron chi connectivity index (χ4n) is 2.74. The molecule has 0 saturated heterocycles. The highest BCUT2D eigenvalue weighted by Gasteiger charge is 2.15. The van der Waals surface area contributed by atoms with Crippen molar-refractivity contribution in [3.63, 3.8) is 0 Å². The van der Waals surface area contributed by atoms with Crippen LogP contribution in [-0.2, 0) is 0 Å². The van der Waals surface area contributed by atoms with Crippen molar-refractivity contribution in [2.75, 3.05) is 5.32 Å². The monoisotopic (exact) mass is 416 g/mol. The first-order valence-electron chi connectivity index (χ1n) is 8.77. The molecule has 1 amide bonds. The van der Waals surface area contributed by atoms with Gasteiger partial charge in [-0.1, -0.05) is 29.7 Å². The number of carboxylic acid groups (broad SMARTS) is 1. The summed E-state index contributed by atoms with van der Waals surface area (Å²) in [6.07, 6.45) is 0. The Balaban J connectivity index is 1.55. The van der Waals surface area contributed by atoms with Gasteiger partial charge in [0, 0.05) is 10.6 Å². The van der Waals surface area contributed by atoms with Gasteiger partial charge in [0.1, 0.15) is 16.9 Å². The molecular weight excluding hydrogens is 404 g/mol. The van der Waals surface area contributed by atoms with Crippen LogP contribution >= 0.6 is 11.6 Å². The number of aromatic nitrogens is 3. The van der Waals surface area contributed by atoms with Gasteiger partial charge in [0.05, 0.1) is 11.1 Å². The zero-order chi connectivity index (χ0) is 21.1. The number of hydrogen-bond donors (Lipinski definition) is 3. The van der Waals surface area contributed by atoms with Crippen molar-refractivity contribution in [3.8, 4) is 11.8 Å². The largest absolute Gasteiger partial charge is 0.478 e. The Kier molecular flexibility index (Phi) is 5.16. The standard InChI is InChI=1S/C22H13ClN4O3/c23-14-10-7-13(8-11-14)9-12-15-3-1-6-18(24-15)20(28)27-22-25-17-5-2-4-16(21(29)30)19(17)26-22/h1-8,10-11H,(H,29,30)(H2,25,26,27,28). The third-order valence-corrected chi connectivity index (χ3v) is 4.39. The summed E-state index contributed by atoms with van der Waals surface area (Å²) in [5.74, 6) is 4.40. The van der Waals surface area contributed by atoms with E-state index in [9.17, 15) is 14.7 Å². The number of imidazole rings is 1. The predicted molar refractivity (Wildman–Crippen MR) is 113 cm³/mol. The highest BCUT2D eigenvalue weighted by molar-refractivity contribution is 6.30. The first-order chi connectivity index (χ1) is 14.5. The molecule has 0 radical (unpaired) electrons. The van der Waals surface area contributed by atoms with Gasteiger partial charge in [-0.3, -0.25) is 10.1 Å². The molecule has 4 aromatic rings. The van der Waals surface area contributed by atoms with Crippen molar-refractivity contribution >= 4 is 40.5 Å². The molecular formula is C22H13ClN4O3. The summed E-state index contributed by atoms with van der Waals surface area (Å²) in [4.78, 5) is 35.2. The van der Waals surface area contributed by atoms with Crippen LogP contribution in [0.4, 0.5) is 5.95 Å². The van der Waals surface area contributed by atoms with E-state index in [1.54, 1.807) is 54.6 Å². The number of carboxylic acids is 1. The van der Waals surface area contributed by atoms with E-state index in [0.29, 0.717) is 16.2 Å². The van der Waals surface area contributed by atoms with Crippen LogP contribution in [0.5, 0.6) is 0 Å². The number of halogens is 1. The lowest BCUT2D eigenvalue weighted by Crippen LogP contribution is -2.15. The van der Waals surface area contributed by atoms with E-state index in [4.69, 9.17) is 11.6 Å². The smallest absolute Gasteiger partial charge is 0.337 e. The first kappa shape index (κ1) is 19.2. The zero-order valence-corrected chi connectivity index (χ0v) is 16.1. The maximum Gasteiger partial charge on any atom is 0.337 e. The van der Waals surface area contributed by atoms with Gasteiger partial charge >= 0.3 is 5.97 Å². The van der Waals surface area contributed by atoms with Gasteiger partial charge in [-0.25, -0.2) is 14.8 Å². The van der Waals surface area contributed by atoms with Crippen LogP contribution in [0.15, 0.2) is 60.7 Å². The minimum absolute atomic E-state index is 0.0434. The van der Waals surface area contributed by atoms with Crippen LogP contribution in [0.2, 0.25) is 5.02 Å². The summed E-state index contributed by atoms with van der Waals surface area (Å²) in [5, 5.41) is 12.5. The summed E-state index contributed by atoms with van der Waals surface area (Å²) >= 11 is 5.86. The number of amides is 1. The number of pyridine rings is 1. The number of hydrogen-bond acceptors (Lipinski definition) is 4. The molecule has 0 aliphatic rings. The van der Waals surface area contributed by atoms with Crippen LogP contribution in [0.3, 0.4) is 0 Å². The maximum absolute atomic E-state index is 12.6. The number of para-hydroxylation sites is 1. The quantitative estimate of drug-likeness (QED) is 0.438. The van der Waals surface area contributed by atoms with E-state index in [-0.39, 0.29) is 22.7 Å². The molecule has 2 heterocycles. The van der Waals surface area contributed by atoms with E-state index in [0.717, 1.165) is 5.56 Å². The van der Waals surface area contributed by atoms with E-state index >= 15 is 0 Å². The average Bonchev–Trinajstić information content (AvgIpc) is 3.15. The van der Waals surface area contributed by atoms with E-state index in [1.165, 1.54) is 6.07 Å². The second-order valence-electron chi connectivity index (χ2n) is 6.21. The van der Waals surface area contributed by atoms with Crippen LogP contribution < -0.4 is 5.32 Å². The molecule has 30 heavy (non-hydrogen) atoms. The van der Waals surface area contributed by atoms with Crippen LogP contribution in [0.1, 0.15) is 32.1 Å². The minimum Gasteiger partial charge on any atom is -0.478 e. The third-order valence-electron chi connectivity index (χ3n) is 4.14. The molecule has 3 N–H and O–H groups in total. The number of benzene rings is 2. The molecule has 0 aliphatic heterocycles. The van der Waals surface area contributed by atoms with Gasteiger partial charge in [-0.15, -0.1) is 0 Å². The molecule has 0 spiro atoms. The molecule has 8 heteroatoms. The molecule has 4 rings (SSSR count). The van der Waals surface area contributed by atoms with Crippen molar-refractivity contribution < 1.29 is 14.7 Å². The predicted octanol–water partition coefficient (Wildman–Crippen LogP) is 3.96. The second kappa shape index (κ2) is 8.07. The molecule has 146 valence electrons. The molecule has 2 aromatic carbocycles. The fourth-order valence-corrected chi connectivity index (χ4v) is 2.86. The second-order valence-corrected chi connectivity index (χ2v) is 6.65. The maximum atomic E-state index is 12.6. The summed E-state index contributed by atoms with van der Waals surface area (Å²) in [5.41, 5.74) is 2.15. The first-order valence-corrected chi connectivity index (χ1v) is 9.15. The molecule has 0 atom stereocenters. The zero-order valence-electron chi connectivity index (χ0n) is 15.3. The molecule has 0 unspecified atom stereocenters. The highest BCUT2D eigenvalue weighted by atomic mass is 35.5. The van der Waals surface area contributed by atoms with Crippen LogP contribution in [0.25, 0.3) is 11.0 Å². The van der Waals surface area contributed by atoms with Gasteiger partial charge in [0.15, 0.2) is 0 Å². The van der Waals surface area contributed by atoms with Crippen molar-refractivity contribution in [2.45, 2.75) is 0 Å². The fraction of sp³-hybridized carbons (Fsp3) is 0. The van der Waals surface area contributed by atoms with E-state index in [1.807, 2.05) is 0 Å².